The molecule has 124 valence electrons. The lowest BCUT2D eigenvalue weighted by molar-refractivity contribution is -0.123. The van der Waals surface area contributed by atoms with Gasteiger partial charge in [0, 0.05) is 32.1 Å². The summed E-state index contributed by atoms with van der Waals surface area (Å²) in [6.45, 7) is 4.68. The van der Waals surface area contributed by atoms with Crippen LogP contribution in [-0.4, -0.2) is 40.4 Å². The SMILES string of the molecule is COC(CN)CC(=O)NCc1ccc(-n2nc(C)cc2C)nc1. The van der Waals surface area contributed by atoms with Gasteiger partial charge in [-0.15, -0.1) is 0 Å². The molecule has 2 rings (SSSR count). The number of carbonyl (C=O) groups is 1. The Morgan fingerprint density at radius 3 is 2.74 bits per heavy atom. The molecule has 2 aromatic rings. The summed E-state index contributed by atoms with van der Waals surface area (Å²) in [5.74, 6) is 0.665. The maximum atomic E-state index is 11.8. The molecule has 0 fully saturated rings. The van der Waals surface area contributed by atoms with Crippen molar-refractivity contribution in [2.75, 3.05) is 13.7 Å². The Bertz CT molecular complexity index is 647. The predicted molar refractivity (Wildman–Crippen MR) is 87.1 cm³/mol. The number of aryl methyl sites for hydroxylation is 2. The number of amides is 1. The van der Waals surface area contributed by atoms with Crippen molar-refractivity contribution >= 4 is 5.91 Å². The molecule has 1 amide bonds. The number of pyridine rings is 1. The smallest absolute Gasteiger partial charge is 0.222 e. The van der Waals surface area contributed by atoms with E-state index >= 15 is 0 Å². The van der Waals surface area contributed by atoms with E-state index in [1.807, 2.05) is 32.0 Å². The summed E-state index contributed by atoms with van der Waals surface area (Å²) in [4.78, 5) is 16.2. The predicted octanol–water partition coefficient (Wildman–Crippen LogP) is 0.864. The lowest BCUT2D eigenvalue weighted by atomic mass is 10.2. The molecule has 7 nitrogen and oxygen atoms in total. The summed E-state index contributed by atoms with van der Waals surface area (Å²) in [6.07, 6.45) is 1.74. The highest BCUT2D eigenvalue weighted by atomic mass is 16.5. The Kier molecular flexibility index (Phi) is 5.84. The van der Waals surface area contributed by atoms with Crippen LogP contribution in [0.5, 0.6) is 0 Å². The van der Waals surface area contributed by atoms with Gasteiger partial charge in [0.2, 0.25) is 5.91 Å². The zero-order valence-corrected chi connectivity index (χ0v) is 13.7. The Hall–Kier alpha value is -2.25. The van der Waals surface area contributed by atoms with Crippen LogP contribution in [0, 0.1) is 13.8 Å². The highest BCUT2D eigenvalue weighted by Gasteiger charge is 2.11. The van der Waals surface area contributed by atoms with Crippen LogP contribution in [-0.2, 0) is 16.1 Å². The van der Waals surface area contributed by atoms with E-state index in [2.05, 4.69) is 15.4 Å². The van der Waals surface area contributed by atoms with Crippen LogP contribution < -0.4 is 11.1 Å². The first-order valence-electron chi connectivity index (χ1n) is 7.51. The minimum atomic E-state index is -0.249. The van der Waals surface area contributed by atoms with E-state index in [-0.39, 0.29) is 18.4 Å². The van der Waals surface area contributed by atoms with Gasteiger partial charge in [-0.05, 0) is 31.5 Å². The van der Waals surface area contributed by atoms with Gasteiger partial charge in [0.1, 0.15) is 0 Å². The molecule has 1 atom stereocenters. The van der Waals surface area contributed by atoms with Crippen molar-refractivity contribution in [3.8, 4) is 5.82 Å². The van der Waals surface area contributed by atoms with Gasteiger partial charge in [-0.2, -0.15) is 5.10 Å². The van der Waals surface area contributed by atoms with Crippen LogP contribution in [0.2, 0.25) is 0 Å². The van der Waals surface area contributed by atoms with Gasteiger partial charge in [0.05, 0.1) is 18.2 Å². The van der Waals surface area contributed by atoms with E-state index in [0.29, 0.717) is 13.1 Å². The standard InChI is InChI=1S/C16H23N5O2/c1-11-6-12(2)21(20-11)15-5-4-13(9-18-15)10-19-16(22)7-14(8-17)23-3/h4-6,9,14H,7-8,10,17H2,1-3H3,(H,19,22). The van der Waals surface area contributed by atoms with Crippen LogP contribution in [0.4, 0.5) is 0 Å². The summed E-state index contributed by atoms with van der Waals surface area (Å²) < 4.78 is 6.89. The molecule has 2 heterocycles. The quantitative estimate of drug-likeness (QED) is 0.790. The lowest BCUT2D eigenvalue weighted by Crippen LogP contribution is -2.31. The molecule has 0 aliphatic rings. The minimum Gasteiger partial charge on any atom is -0.380 e. The highest BCUT2D eigenvalue weighted by molar-refractivity contribution is 5.76. The number of nitrogens with zero attached hydrogens (tertiary/aromatic N) is 3. The first kappa shape index (κ1) is 17.1. The fourth-order valence-electron chi connectivity index (χ4n) is 2.25. The molecule has 0 aliphatic carbocycles. The highest BCUT2D eigenvalue weighted by Crippen LogP contribution is 2.10. The first-order valence-corrected chi connectivity index (χ1v) is 7.51. The van der Waals surface area contributed by atoms with Crippen LogP contribution in [0.3, 0.4) is 0 Å². The van der Waals surface area contributed by atoms with Crippen molar-refractivity contribution in [3.63, 3.8) is 0 Å². The van der Waals surface area contributed by atoms with Crippen molar-refractivity contribution in [2.24, 2.45) is 5.73 Å². The van der Waals surface area contributed by atoms with Gasteiger partial charge in [-0.1, -0.05) is 6.07 Å². The van der Waals surface area contributed by atoms with E-state index in [9.17, 15) is 4.79 Å². The number of hydrogen-bond donors (Lipinski definition) is 2. The summed E-state index contributed by atoms with van der Waals surface area (Å²) in [5.41, 5.74) is 8.41. The van der Waals surface area contributed by atoms with Gasteiger partial charge < -0.3 is 15.8 Å². The molecule has 23 heavy (non-hydrogen) atoms. The molecular formula is C16H23N5O2. The van der Waals surface area contributed by atoms with Crippen LogP contribution in [0.1, 0.15) is 23.4 Å². The maximum Gasteiger partial charge on any atom is 0.222 e. The number of nitrogens with two attached hydrogens (primary N) is 1. The molecule has 0 radical (unpaired) electrons. The number of carbonyl (C=O) groups excluding carboxylic acids is 1. The third-order valence-corrected chi connectivity index (χ3v) is 3.53. The normalized spacial score (nSPS) is 12.2. The van der Waals surface area contributed by atoms with Crippen molar-refractivity contribution in [3.05, 3.63) is 41.3 Å². The summed E-state index contributed by atoms with van der Waals surface area (Å²) in [6, 6.07) is 5.81. The molecule has 3 N–H and O–H groups in total. The fraction of sp³-hybridized carbons (Fsp3) is 0.438. The molecular weight excluding hydrogens is 294 g/mol. The number of methoxy groups -OCH3 is 1. The zero-order valence-electron chi connectivity index (χ0n) is 13.7. The second-order valence-electron chi connectivity index (χ2n) is 5.44. The summed E-state index contributed by atoms with van der Waals surface area (Å²) in [5, 5.41) is 7.23. The maximum absolute atomic E-state index is 11.8. The zero-order chi connectivity index (χ0) is 16.8. The minimum absolute atomic E-state index is 0.0927. The lowest BCUT2D eigenvalue weighted by Gasteiger charge is -2.12. The average Bonchev–Trinajstić information content (AvgIpc) is 2.89. The first-order chi connectivity index (χ1) is 11.0. The second-order valence-corrected chi connectivity index (χ2v) is 5.44. The monoisotopic (exact) mass is 317 g/mol. The molecule has 0 saturated carbocycles. The molecule has 7 heteroatoms. The number of aromatic nitrogens is 3. The molecule has 0 saturated heterocycles. The Morgan fingerprint density at radius 2 is 2.22 bits per heavy atom. The number of ether oxygens (including phenoxy) is 1. The van der Waals surface area contributed by atoms with Gasteiger partial charge in [0.25, 0.3) is 0 Å². The van der Waals surface area contributed by atoms with Crippen molar-refractivity contribution in [1.82, 2.24) is 20.1 Å². The van der Waals surface area contributed by atoms with E-state index in [1.165, 1.54) is 0 Å². The Morgan fingerprint density at radius 1 is 1.43 bits per heavy atom. The summed E-state index contributed by atoms with van der Waals surface area (Å²) >= 11 is 0. The largest absolute Gasteiger partial charge is 0.380 e. The van der Waals surface area contributed by atoms with Crippen LogP contribution in [0.15, 0.2) is 24.4 Å². The van der Waals surface area contributed by atoms with Crippen LogP contribution in [0.25, 0.3) is 5.82 Å². The van der Waals surface area contributed by atoms with Crippen molar-refractivity contribution in [1.29, 1.82) is 0 Å². The van der Waals surface area contributed by atoms with Gasteiger partial charge >= 0.3 is 0 Å². The third kappa shape index (κ3) is 4.61. The van der Waals surface area contributed by atoms with E-state index in [1.54, 1.807) is 18.0 Å². The number of rotatable bonds is 7. The van der Waals surface area contributed by atoms with E-state index < -0.39 is 0 Å². The van der Waals surface area contributed by atoms with E-state index in [0.717, 1.165) is 22.8 Å². The second kappa shape index (κ2) is 7.85. The Balaban J connectivity index is 1.93. The molecule has 0 aliphatic heterocycles. The van der Waals surface area contributed by atoms with Gasteiger partial charge in [-0.25, -0.2) is 9.67 Å². The molecule has 0 aromatic carbocycles. The number of nitrogens with one attached hydrogen (secondary N) is 1. The molecule has 2 aromatic heterocycles. The Labute approximate surface area is 135 Å². The third-order valence-electron chi connectivity index (χ3n) is 3.53. The van der Waals surface area contributed by atoms with E-state index in [4.69, 9.17) is 10.5 Å². The van der Waals surface area contributed by atoms with Gasteiger partial charge in [-0.3, -0.25) is 4.79 Å². The van der Waals surface area contributed by atoms with Gasteiger partial charge in [0.15, 0.2) is 5.82 Å². The fourth-order valence-corrected chi connectivity index (χ4v) is 2.25. The molecule has 0 bridgehead atoms. The molecule has 0 spiro atoms. The van der Waals surface area contributed by atoms with Crippen molar-refractivity contribution < 1.29 is 9.53 Å². The number of hydrogen-bond acceptors (Lipinski definition) is 5. The average molecular weight is 317 g/mol. The topological polar surface area (TPSA) is 95.1 Å². The summed E-state index contributed by atoms with van der Waals surface area (Å²) in [7, 11) is 1.55. The molecule has 1 unspecified atom stereocenters. The van der Waals surface area contributed by atoms with Crippen molar-refractivity contribution in [2.45, 2.75) is 32.9 Å². The van der Waals surface area contributed by atoms with Crippen LogP contribution >= 0.6 is 0 Å².